The Morgan fingerprint density at radius 1 is 1.25 bits per heavy atom. The van der Waals surface area contributed by atoms with Crippen molar-refractivity contribution in [2.24, 2.45) is 0 Å². The van der Waals surface area contributed by atoms with Crippen LogP contribution in [-0.4, -0.2) is 37.9 Å². The maximum Gasteiger partial charge on any atom is 0.315 e. The molecule has 0 amide bonds. The lowest BCUT2D eigenvalue weighted by atomic mass is 10.1. The largest absolute Gasteiger partial charge is 0.469 e. The van der Waals surface area contributed by atoms with Gasteiger partial charge in [-0.15, -0.1) is 10.2 Å². The lowest BCUT2D eigenvalue weighted by molar-refractivity contribution is -0.140. The van der Waals surface area contributed by atoms with E-state index in [9.17, 15) is 13.6 Å². The number of fused-ring (bicyclic) bond motifs is 1. The minimum atomic E-state index is -2.77. The SMILES string of the molecule is COC(=O)Cc1nnc(-c2cnn3c(C(F)F)cc(-c4ccccc4)nc23)o1. The summed E-state index contributed by atoms with van der Waals surface area (Å²) >= 11 is 0. The number of esters is 1. The summed E-state index contributed by atoms with van der Waals surface area (Å²) in [6.45, 7) is 0. The van der Waals surface area contributed by atoms with Crippen LogP contribution in [0.2, 0.25) is 0 Å². The zero-order valence-corrected chi connectivity index (χ0v) is 14.5. The van der Waals surface area contributed by atoms with Gasteiger partial charge in [0.05, 0.1) is 19.0 Å². The smallest absolute Gasteiger partial charge is 0.315 e. The Morgan fingerprint density at radius 2 is 2.04 bits per heavy atom. The second-order valence-electron chi connectivity index (χ2n) is 5.78. The van der Waals surface area contributed by atoms with E-state index in [0.29, 0.717) is 11.3 Å². The summed E-state index contributed by atoms with van der Waals surface area (Å²) in [4.78, 5) is 15.8. The molecule has 0 aliphatic heterocycles. The molecular weight excluding hydrogens is 372 g/mol. The molecule has 0 radical (unpaired) electrons. The molecule has 142 valence electrons. The second kappa shape index (κ2) is 7.14. The standard InChI is InChI=1S/C18H13F2N5O3/c1-27-15(26)8-14-23-24-18(28-14)11-9-21-25-13(16(19)20)7-12(22-17(11)25)10-5-3-2-4-6-10/h2-7,9,16H,8H2,1H3. The van der Waals surface area contributed by atoms with Gasteiger partial charge in [-0.1, -0.05) is 30.3 Å². The van der Waals surface area contributed by atoms with Gasteiger partial charge in [-0.05, 0) is 6.07 Å². The third-order valence-electron chi connectivity index (χ3n) is 4.01. The molecule has 0 saturated heterocycles. The molecule has 1 aromatic carbocycles. The predicted molar refractivity (Wildman–Crippen MR) is 92.4 cm³/mol. The van der Waals surface area contributed by atoms with E-state index in [-0.39, 0.29) is 35.1 Å². The molecule has 4 rings (SSSR count). The fourth-order valence-corrected chi connectivity index (χ4v) is 2.68. The van der Waals surface area contributed by atoms with Crippen molar-refractivity contribution in [3.8, 4) is 22.7 Å². The van der Waals surface area contributed by atoms with Crippen LogP contribution in [0.3, 0.4) is 0 Å². The quantitative estimate of drug-likeness (QED) is 0.487. The highest BCUT2D eigenvalue weighted by Gasteiger charge is 2.22. The molecule has 28 heavy (non-hydrogen) atoms. The van der Waals surface area contributed by atoms with Gasteiger partial charge in [0.2, 0.25) is 5.89 Å². The van der Waals surface area contributed by atoms with Crippen LogP contribution in [0.5, 0.6) is 0 Å². The zero-order valence-electron chi connectivity index (χ0n) is 14.5. The van der Waals surface area contributed by atoms with Gasteiger partial charge in [-0.3, -0.25) is 4.79 Å². The first-order chi connectivity index (χ1) is 13.6. The van der Waals surface area contributed by atoms with Crippen LogP contribution in [0.15, 0.2) is 47.0 Å². The Labute approximate surface area is 156 Å². The summed E-state index contributed by atoms with van der Waals surface area (Å²) in [6.07, 6.45) is -1.65. The van der Waals surface area contributed by atoms with E-state index < -0.39 is 12.4 Å². The maximum atomic E-state index is 13.6. The van der Waals surface area contributed by atoms with Gasteiger partial charge in [0.15, 0.2) is 5.65 Å². The number of carbonyl (C=O) groups excluding carboxylic acids is 1. The van der Waals surface area contributed by atoms with Crippen molar-refractivity contribution >= 4 is 11.6 Å². The number of hydrogen-bond donors (Lipinski definition) is 0. The van der Waals surface area contributed by atoms with Crippen molar-refractivity contribution in [1.29, 1.82) is 0 Å². The fourth-order valence-electron chi connectivity index (χ4n) is 2.68. The van der Waals surface area contributed by atoms with E-state index in [1.807, 2.05) is 6.07 Å². The van der Waals surface area contributed by atoms with Crippen molar-refractivity contribution in [2.45, 2.75) is 12.8 Å². The third-order valence-corrected chi connectivity index (χ3v) is 4.01. The Balaban J connectivity index is 1.84. The van der Waals surface area contributed by atoms with Crippen LogP contribution in [0.1, 0.15) is 18.0 Å². The molecule has 0 bridgehead atoms. The summed E-state index contributed by atoms with van der Waals surface area (Å²) in [5, 5.41) is 11.6. The summed E-state index contributed by atoms with van der Waals surface area (Å²) in [7, 11) is 1.24. The molecule has 3 aromatic heterocycles. The molecule has 0 saturated carbocycles. The molecule has 0 atom stereocenters. The summed E-state index contributed by atoms with van der Waals surface area (Å²) in [6, 6.07) is 10.2. The predicted octanol–water partition coefficient (Wildman–Crippen LogP) is 3.10. The van der Waals surface area contributed by atoms with E-state index in [2.05, 4.69) is 25.0 Å². The number of rotatable bonds is 5. The number of methoxy groups -OCH3 is 1. The molecule has 8 nitrogen and oxygen atoms in total. The highest BCUT2D eigenvalue weighted by molar-refractivity contribution is 5.75. The van der Waals surface area contributed by atoms with Crippen LogP contribution in [0.25, 0.3) is 28.4 Å². The monoisotopic (exact) mass is 385 g/mol. The number of ether oxygens (including phenoxy) is 1. The molecule has 0 fully saturated rings. The number of benzene rings is 1. The summed E-state index contributed by atoms with van der Waals surface area (Å²) in [5.41, 5.74) is 1.15. The van der Waals surface area contributed by atoms with Crippen LogP contribution >= 0.6 is 0 Å². The van der Waals surface area contributed by atoms with Gasteiger partial charge in [-0.25, -0.2) is 18.3 Å². The van der Waals surface area contributed by atoms with Gasteiger partial charge >= 0.3 is 5.97 Å². The van der Waals surface area contributed by atoms with E-state index in [1.54, 1.807) is 24.3 Å². The van der Waals surface area contributed by atoms with Crippen molar-refractivity contribution in [2.75, 3.05) is 7.11 Å². The first-order valence-electron chi connectivity index (χ1n) is 8.18. The van der Waals surface area contributed by atoms with Gasteiger partial charge in [-0.2, -0.15) is 5.10 Å². The van der Waals surface area contributed by atoms with Crippen molar-refractivity contribution in [1.82, 2.24) is 24.8 Å². The lowest BCUT2D eigenvalue weighted by Gasteiger charge is -2.08. The Hall–Kier alpha value is -3.69. The molecule has 0 unspecified atom stereocenters. The van der Waals surface area contributed by atoms with Crippen molar-refractivity contribution < 1.29 is 22.7 Å². The van der Waals surface area contributed by atoms with Gasteiger partial charge < -0.3 is 9.15 Å². The van der Waals surface area contributed by atoms with E-state index in [0.717, 1.165) is 4.52 Å². The number of hydrogen-bond acceptors (Lipinski definition) is 7. The molecule has 0 N–H and O–H groups in total. The Kier molecular flexibility index (Phi) is 4.52. The third kappa shape index (κ3) is 3.20. The molecule has 3 heterocycles. The van der Waals surface area contributed by atoms with Gasteiger partial charge in [0.1, 0.15) is 17.7 Å². The zero-order chi connectivity index (χ0) is 19.7. The first-order valence-corrected chi connectivity index (χ1v) is 8.18. The van der Waals surface area contributed by atoms with Crippen LogP contribution in [0, 0.1) is 0 Å². The molecule has 0 spiro atoms. The maximum absolute atomic E-state index is 13.6. The van der Waals surface area contributed by atoms with Crippen molar-refractivity contribution in [3.05, 3.63) is 54.2 Å². The average Bonchev–Trinajstić information content (AvgIpc) is 3.34. The lowest BCUT2D eigenvalue weighted by Crippen LogP contribution is -2.04. The number of carbonyl (C=O) groups is 1. The second-order valence-corrected chi connectivity index (χ2v) is 5.78. The number of nitrogens with zero attached hydrogens (tertiary/aromatic N) is 5. The van der Waals surface area contributed by atoms with E-state index >= 15 is 0 Å². The normalized spacial score (nSPS) is 11.3. The molecule has 0 aliphatic rings. The fraction of sp³-hybridized carbons (Fsp3) is 0.167. The molecule has 4 aromatic rings. The van der Waals surface area contributed by atoms with E-state index in [4.69, 9.17) is 4.42 Å². The van der Waals surface area contributed by atoms with Crippen molar-refractivity contribution in [3.63, 3.8) is 0 Å². The van der Waals surface area contributed by atoms with Crippen LogP contribution < -0.4 is 0 Å². The molecule has 10 heteroatoms. The Bertz CT molecular complexity index is 1140. The molecule has 0 aliphatic carbocycles. The summed E-state index contributed by atoms with van der Waals surface area (Å²) < 4.78 is 38.2. The molecular formula is C18H13F2N5O3. The van der Waals surface area contributed by atoms with Crippen LogP contribution in [0.4, 0.5) is 8.78 Å². The topological polar surface area (TPSA) is 95.4 Å². The first kappa shape index (κ1) is 17.7. The average molecular weight is 385 g/mol. The highest BCUT2D eigenvalue weighted by Crippen LogP contribution is 2.30. The Morgan fingerprint density at radius 3 is 2.75 bits per heavy atom. The minimum Gasteiger partial charge on any atom is -0.469 e. The van der Waals surface area contributed by atoms with Gasteiger partial charge in [0.25, 0.3) is 12.3 Å². The van der Waals surface area contributed by atoms with Crippen LogP contribution in [-0.2, 0) is 16.0 Å². The number of halogens is 2. The summed E-state index contributed by atoms with van der Waals surface area (Å²) in [5.74, 6) is -0.485. The highest BCUT2D eigenvalue weighted by atomic mass is 19.3. The van der Waals surface area contributed by atoms with E-state index in [1.165, 1.54) is 19.4 Å². The number of alkyl halides is 2. The number of aromatic nitrogens is 5. The van der Waals surface area contributed by atoms with Gasteiger partial charge in [0, 0.05) is 5.56 Å². The minimum absolute atomic E-state index is 0.0202.